The van der Waals surface area contributed by atoms with Crippen molar-refractivity contribution < 1.29 is 4.79 Å². The molecule has 1 spiro atoms. The number of piperidine rings is 2. The van der Waals surface area contributed by atoms with Crippen molar-refractivity contribution in [2.45, 2.75) is 50.5 Å². The first-order valence-electron chi connectivity index (χ1n) is 7.87. The zero-order valence-corrected chi connectivity index (χ0v) is 11.9. The Morgan fingerprint density at radius 2 is 2.11 bits per heavy atom. The molecule has 2 aliphatic heterocycles. The van der Waals surface area contributed by atoms with Gasteiger partial charge in [0, 0.05) is 26.1 Å². The van der Waals surface area contributed by atoms with E-state index in [0.29, 0.717) is 5.91 Å². The Bertz CT molecular complexity index is 360. The van der Waals surface area contributed by atoms with Gasteiger partial charge in [-0.25, -0.2) is 0 Å². The number of hydrogen-bond donors (Lipinski definition) is 0. The summed E-state index contributed by atoms with van der Waals surface area (Å²) < 4.78 is 0. The Morgan fingerprint density at radius 3 is 2.84 bits per heavy atom. The Morgan fingerprint density at radius 1 is 1.32 bits per heavy atom. The molecule has 0 aromatic carbocycles. The van der Waals surface area contributed by atoms with Gasteiger partial charge in [0.2, 0.25) is 5.91 Å². The van der Waals surface area contributed by atoms with Crippen LogP contribution in [-0.2, 0) is 4.79 Å². The third kappa shape index (κ3) is 2.71. The summed E-state index contributed by atoms with van der Waals surface area (Å²) in [6.07, 6.45) is 10.2. The summed E-state index contributed by atoms with van der Waals surface area (Å²) in [5.41, 5.74) is 0.122. The van der Waals surface area contributed by atoms with Crippen LogP contribution in [-0.4, -0.2) is 47.4 Å². The molecule has 106 valence electrons. The molecule has 2 heterocycles. The highest BCUT2D eigenvalue weighted by molar-refractivity contribution is 5.78. The molecule has 1 aliphatic carbocycles. The molecule has 0 aromatic rings. The van der Waals surface area contributed by atoms with Crippen LogP contribution in [0.1, 0.15) is 44.9 Å². The Hall–Kier alpha value is -0.830. The molecule has 0 radical (unpaired) electrons. The zero-order valence-electron chi connectivity index (χ0n) is 11.9. The highest BCUT2D eigenvalue weighted by Gasteiger charge is 2.45. The van der Waals surface area contributed by atoms with Gasteiger partial charge >= 0.3 is 0 Å². The fraction of sp³-hybridized carbons (Fsp3) is 0.812. The number of nitrogens with zero attached hydrogens (tertiary/aromatic N) is 2. The minimum atomic E-state index is 0.122. The lowest BCUT2D eigenvalue weighted by atomic mass is 9.79. The zero-order chi connectivity index (χ0) is 13.3. The smallest absolute Gasteiger partial charge is 0.223 e. The summed E-state index contributed by atoms with van der Waals surface area (Å²) in [6, 6.07) is 0. The van der Waals surface area contributed by atoms with Crippen molar-refractivity contribution in [3.05, 3.63) is 12.7 Å². The highest BCUT2D eigenvalue weighted by atomic mass is 16.2. The number of rotatable bonds is 4. The van der Waals surface area contributed by atoms with Crippen molar-refractivity contribution in [2.24, 2.45) is 5.92 Å². The van der Waals surface area contributed by atoms with Crippen LogP contribution >= 0.6 is 0 Å². The third-order valence-electron chi connectivity index (χ3n) is 5.07. The number of hydrogen-bond acceptors (Lipinski definition) is 2. The second-order valence-electron chi connectivity index (χ2n) is 6.65. The topological polar surface area (TPSA) is 23.6 Å². The summed E-state index contributed by atoms with van der Waals surface area (Å²) >= 11 is 0. The fourth-order valence-electron chi connectivity index (χ4n) is 3.98. The molecule has 1 amide bonds. The predicted molar refractivity (Wildman–Crippen MR) is 76.9 cm³/mol. The van der Waals surface area contributed by atoms with Gasteiger partial charge in [-0.15, -0.1) is 6.58 Å². The molecular weight excluding hydrogens is 236 g/mol. The number of amides is 1. The fourth-order valence-corrected chi connectivity index (χ4v) is 3.98. The lowest BCUT2D eigenvalue weighted by Gasteiger charge is -2.52. The van der Waals surface area contributed by atoms with Crippen LogP contribution in [0.4, 0.5) is 0 Å². The van der Waals surface area contributed by atoms with Crippen molar-refractivity contribution >= 4 is 5.91 Å². The average molecular weight is 262 g/mol. The molecule has 3 rings (SSSR count). The van der Waals surface area contributed by atoms with Crippen LogP contribution in [0.15, 0.2) is 12.7 Å². The first-order valence-corrected chi connectivity index (χ1v) is 7.87. The molecule has 0 aromatic heterocycles. The summed E-state index contributed by atoms with van der Waals surface area (Å²) in [5.74, 6) is 1.29. The quantitative estimate of drug-likeness (QED) is 0.727. The van der Waals surface area contributed by atoms with Crippen molar-refractivity contribution in [1.82, 2.24) is 9.80 Å². The van der Waals surface area contributed by atoms with Gasteiger partial charge in [-0.3, -0.25) is 4.79 Å². The van der Waals surface area contributed by atoms with Gasteiger partial charge in [0.1, 0.15) is 0 Å². The number of carbonyl (C=O) groups is 1. The van der Waals surface area contributed by atoms with Crippen LogP contribution < -0.4 is 0 Å². The van der Waals surface area contributed by atoms with Gasteiger partial charge in [0.25, 0.3) is 0 Å². The van der Waals surface area contributed by atoms with Gasteiger partial charge in [0.05, 0.1) is 5.54 Å². The van der Waals surface area contributed by atoms with Crippen LogP contribution in [0.3, 0.4) is 0 Å². The van der Waals surface area contributed by atoms with E-state index in [1.807, 2.05) is 6.08 Å². The van der Waals surface area contributed by atoms with E-state index in [9.17, 15) is 4.79 Å². The van der Waals surface area contributed by atoms with Gasteiger partial charge in [-0.1, -0.05) is 6.08 Å². The second kappa shape index (κ2) is 5.28. The lowest BCUT2D eigenvalue weighted by Crippen LogP contribution is -2.62. The molecule has 2 saturated heterocycles. The standard InChI is InChI=1S/C16H26N2O/c1-2-10-18-15(19)5-3-8-16(18)9-4-11-17(13-16)12-14-6-7-14/h2,14H,1,3-13H2. The van der Waals surface area contributed by atoms with E-state index >= 15 is 0 Å². The Kier molecular flexibility index (Phi) is 3.66. The van der Waals surface area contributed by atoms with Gasteiger partial charge in [-0.05, 0) is 51.0 Å². The van der Waals surface area contributed by atoms with Crippen LogP contribution in [0, 0.1) is 5.92 Å². The monoisotopic (exact) mass is 262 g/mol. The lowest BCUT2D eigenvalue weighted by molar-refractivity contribution is -0.144. The van der Waals surface area contributed by atoms with Gasteiger partial charge in [-0.2, -0.15) is 0 Å². The Labute approximate surface area is 116 Å². The molecule has 3 aliphatic rings. The molecule has 1 unspecified atom stereocenters. The van der Waals surface area contributed by atoms with E-state index in [2.05, 4.69) is 16.4 Å². The van der Waals surface area contributed by atoms with E-state index in [1.54, 1.807) is 0 Å². The first-order chi connectivity index (χ1) is 9.23. The summed E-state index contributed by atoms with van der Waals surface area (Å²) in [6.45, 7) is 8.16. The van der Waals surface area contributed by atoms with Gasteiger partial charge in [0.15, 0.2) is 0 Å². The summed E-state index contributed by atoms with van der Waals surface area (Å²) in [5, 5.41) is 0. The Balaban J connectivity index is 1.73. The molecule has 3 nitrogen and oxygen atoms in total. The third-order valence-corrected chi connectivity index (χ3v) is 5.07. The highest BCUT2D eigenvalue weighted by Crippen LogP contribution is 2.38. The molecule has 1 saturated carbocycles. The first kappa shape index (κ1) is 13.2. The van der Waals surface area contributed by atoms with Crippen LogP contribution in [0.5, 0.6) is 0 Å². The average Bonchev–Trinajstić information content (AvgIpc) is 3.19. The van der Waals surface area contributed by atoms with E-state index in [0.717, 1.165) is 31.8 Å². The molecule has 0 N–H and O–H groups in total. The van der Waals surface area contributed by atoms with Crippen LogP contribution in [0.25, 0.3) is 0 Å². The van der Waals surface area contributed by atoms with Crippen molar-refractivity contribution in [1.29, 1.82) is 0 Å². The number of likely N-dealkylation sites (tertiary alicyclic amines) is 2. The van der Waals surface area contributed by atoms with Crippen molar-refractivity contribution in [3.8, 4) is 0 Å². The molecule has 3 fully saturated rings. The summed E-state index contributed by atoms with van der Waals surface area (Å²) in [4.78, 5) is 17.0. The number of carbonyl (C=O) groups excluding carboxylic acids is 1. The van der Waals surface area contributed by atoms with Crippen molar-refractivity contribution in [3.63, 3.8) is 0 Å². The SMILES string of the molecule is C=CCN1C(=O)CCCC12CCCN(CC1CC1)C2. The van der Waals surface area contributed by atoms with Crippen molar-refractivity contribution in [2.75, 3.05) is 26.2 Å². The maximum atomic E-state index is 12.3. The minimum absolute atomic E-state index is 0.122. The maximum Gasteiger partial charge on any atom is 0.223 e. The second-order valence-corrected chi connectivity index (χ2v) is 6.65. The summed E-state index contributed by atoms with van der Waals surface area (Å²) in [7, 11) is 0. The molecule has 3 heteroatoms. The molecule has 19 heavy (non-hydrogen) atoms. The predicted octanol–water partition coefficient (Wildman–Crippen LogP) is 2.43. The van der Waals surface area contributed by atoms with E-state index in [4.69, 9.17) is 0 Å². The van der Waals surface area contributed by atoms with E-state index < -0.39 is 0 Å². The van der Waals surface area contributed by atoms with E-state index in [1.165, 1.54) is 45.2 Å². The molecule has 1 atom stereocenters. The molecular formula is C16H26N2O. The van der Waals surface area contributed by atoms with Gasteiger partial charge < -0.3 is 9.80 Å². The normalized spacial score (nSPS) is 32.8. The van der Waals surface area contributed by atoms with E-state index in [-0.39, 0.29) is 5.54 Å². The largest absolute Gasteiger partial charge is 0.332 e. The maximum absolute atomic E-state index is 12.3. The minimum Gasteiger partial charge on any atom is -0.332 e. The molecule has 0 bridgehead atoms. The van der Waals surface area contributed by atoms with Crippen LogP contribution in [0.2, 0.25) is 0 Å².